The molecule has 7 heavy (non-hydrogen) atoms. The van der Waals surface area contributed by atoms with Crippen LogP contribution in [0, 0.1) is 0 Å². The van der Waals surface area contributed by atoms with Crippen molar-refractivity contribution < 1.29 is 18.7 Å². The number of hydrogen-bond acceptors (Lipinski definition) is 4. The first-order chi connectivity index (χ1) is 3.10. The quantitative estimate of drug-likeness (QED) is 0.471. The Morgan fingerprint density at radius 1 is 1.71 bits per heavy atom. The fourth-order valence-electron chi connectivity index (χ4n) is 0.317. The summed E-state index contributed by atoms with van der Waals surface area (Å²) in [6.45, 7) is 1.37. The van der Waals surface area contributed by atoms with E-state index < -0.39 is 14.1 Å². The van der Waals surface area contributed by atoms with Crippen molar-refractivity contribution in [1.29, 1.82) is 0 Å². The summed E-state index contributed by atoms with van der Waals surface area (Å²) in [6, 6.07) is 0. The van der Waals surface area contributed by atoms with Crippen LogP contribution in [0.2, 0.25) is 0 Å². The van der Waals surface area contributed by atoms with Crippen molar-refractivity contribution in [3.63, 3.8) is 0 Å². The van der Waals surface area contributed by atoms with Crippen LogP contribution >= 0.6 is 7.94 Å². The Labute approximate surface area is 40.6 Å². The number of hydrogen-bond donors (Lipinski definition) is 1. The maximum atomic E-state index is 9.75. The predicted molar refractivity (Wildman–Crippen MR) is 24.0 cm³/mol. The predicted octanol–water partition coefficient (Wildman–Crippen LogP) is 0.270. The second-order valence-corrected chi connectivity index (χ2v) is 3.56. The van der Waals surface area contributed by atoms with Gasteiger partial charge in [-0.15, -0.1) is 0 Å². The van der Waals surface area contributed by atoms with Crippen molar-refractivity contribution in [3.8, 4) is 0 Å². The van der Waals surface area contributed by atoms with Crippen molar-refractivity contribution in [2.75, 3.05) is 6.66 Å². The first-order valence-electron chi connectivity index (χ1n) is 1.74. The fraction of sp³-hybridized carbons (Fsp3) is 0.500. The zero-order chi connectivity index (χ0) is 5.49. The third-order valence-corrected chi connectivity index (χ3v) is 1.64. The van der Waals surface area contributed by atoms with E-state index in [-0.39, 0.29) is 0 Å². The molecular formula is C2H5O4P. The van der Waals surface area contributed by atoms with E-state index in [4.69, 9.17) is 4.89 Å². The van der Waals surface area contributed by atoms with Gasteiger partial charge in [-0.3, -0.25) is 0 Å². The third-order valence-electron chi connectivity index (χ3n) is 0.545. The van der Waals surface area contributed by atoms with E-state index in [9.17, 15) is 4.79 Å². The monoisotopic (exact) mass is 124 g/mol. The Morgan fingerprint density at radius 2 is 2.14 bits per heavy atom. The van der Waals surface area contributed by atoms with Gasteiger partial charge in [-0.1, -0.05) is 0 Å². The minimum absolute atomic E-state index is 0.767. The van der Waals surface area contributed by atoms with Gasteiger partial charge in [0, 0.05) is 0 Å². The fourth-order valence-corrected chi connectivity index (χ4v) is 0.951. The van der Waals surface area contributed by atoms with E-state index >= 15 is 0 Å². The molecule has 0 spiro atoms. The van der Waals surface area contributed by atoms with Gasteiger partial charge in [-0.2, -0.15) is 0 Å². The molecule has 0 aromatic heterocycles. The molecule has 1 aliphatic rings. The summed E-state index contributed by atoms with van der Waals surface area (Å²) < 4.78 is 8.32. The summed E-state index contributed by atoms with van der Waals surface area (Å²) in [5.74, 6) is 0. The second-order valence-electron chi connectivity index (χ2n) is 1.35. The van der Waals surface area contributed by atoms with Gasteiger partial charge >= 0.3 is 39.5 Å². The van der Waals surface area contributed by atoms with Gasteiger partial charge in [-0.25, -0.2) is 0 Å². The molecule has 0 bridgehead atoms. The van der Waals surface area contributed by atoms with E-state index in [1.807, 2.05) is 0 Å². The van der Waals surface area contributed by atoms with Crippen molar-refractivity contribution >= 4 is 14.1 Å². The molecule has 1 fully saturated rings. The Hall–Kier alpha value is -0.340. The summed E-state index contributed by atoms with van der Waals surface area (Å²) in [4.78, 5) is 18.3. The standard InChI is InChI=1S/C2H5O4P/c1-7(4)5-2(3)6-7/h4,7H,1H3. The molecule has 0 unspecified atom stereocenters. The molecule has 1 rings (SSSR count). The average Bonchev–Trinajstić information content (AvgIpc) is 1.27. The van der Waals surface area contributed by atoms with Crippen LogP contribution < -0.4 is 0 Å². The molecule has 4 nitrogen and oxygen atoms in total. The van der Waals surface area contributed by atoms with Gasteiger partial charge in [0.15, 0.2) is 0 Å². The average molecular weight is 124 g/mol. The molecule has 0 aromatic carbocycles. The molecule has 1 saturated heterocycles. The molecule has 0 radical (unpaired) electrons. The molecule has 1 N–H and O–H groups in total. The van der Waals surface area contributed by atoms with E-state index in [0.717, 1.165) is 0 Å². The molecule has 1 heterocycles. The number of rotatable bonds is 0. The molecule has 0 amide bonds. The van der Waals surface area contributed by atoms with Gasteiger partial charge in [0.1, 0.15) is 0 Å². The van der Waals surface area contributed by atoms with Crippen LogP contribution in [0.1, 0.15) is 0 Å². The SMILES string of the molecule is C[PH]1(O)OC(=O)O1. The first-order valence-corrected chi connectivity index (χ1v) is 4.01. The molecule has 0 atom stereocenters. The van der Waals surface area contributed by atoms with Gasteiger partial charge in [0.05, 0.1) is 0 Å². The van der Waals surface area contributed by atoms with Crippen LogP contribution in [0.25, 0.3) is 0 Å². The van der Waals surface area contributed by atoms with Gasteiger partial charge in [0.2, 0.25) is 0 Å². The molecule has 0 aliphatic carbocycles. The maximum absolute atomic E-state index is 9.75. The van der Waals surface area contributed by atoms with Crippen molar-refractivity contribution in [2.24, 2.45) is 0 Å². The van der Waals surface area contributed by atoms with Crippen LogP contribution in [0.3, 0.4) is 0 Å². The molecule has 42 valence electrons. The molecular weight excluding hydrogens is 119 g/mol. The normalized spacial score (nSPS) is 29.1. The third kappa shape index (κ3) is 0.813. The van der Waals surface area contributed by atoms with E-state index in [0.29, 0.717) is 0 Å². The van der Waals surface area contributed by atoms with Crippen molar-refractivity contribution in [2.45, 2.75) is 0 Å². The topological polar surface area (TPSA) is 55.8 Å². The summed E-state index contributed by atoms with van der Waals surface area (Å²) in [5.41, 5.74) is 0. The second kappa shape index (κ2) is 1.08. The van der Waals surface area contributed by atoms with Crippen LogP contribution in [-0.4, -0.2) is 17.7 Å². The summed E-state index contributed by atoms with van der Waals surface area (Å²) in [7, 11) is -2.86. The number of carbonyl (C=O) groups excluding carboxylic acids is 1. The van der Waals surface area contributed by atoms with Gasteiger partial charge in [-0.05, 0) is 0 Å². The summed E-state index contributed by atoms with van der Waals surface area (Å²) >= 11 is 0. The first kappa shape index (κ1) is 4.81. The molecule has 0 saturated carbocycles. The summed E-state index contributed by atoms with van der Waals surface area (Å²) in [5, 5.41) is 0. The molecule has 5 heteroatoms. The van der Waals surface area contributed by atoms with Crippen LogP contribution in [0.15, 0.2) is 0 Å². The Morgan fingerprint density at radius 3 is 2.14 bits per heavy atom. The summed E-state index contributed by atoms with van der Waals surface area (Å²) in [6.07, 6.45) is -0.767. The van der Waals surface area contributed by atoms with E-state index in [1.54, 1.807) is 0 Å². The molecule has 0 aromatic rings. The molecule has 1 aliphatic heterocycles. The van der Waals surface area contributed by atoms with Crippen LogP contribution in [0.4, 0.5) is 4.79 Å². The van der Waals surface area contributed by atoms with E-state index in [2.05, 4.69) is 9.05 Å². The zero-order valence-electron chi connectivity index (χ0n) is 3.67. The minimum atomic E-state index is -2.86. The Balaban J connectivity index is 2.43. The van der Waals surface area contributed by atoms with Gasteiger partial charge in [0.25, 0.3) is 0 Å². The Bertz CT molecular complexity index is 98.3. The van der Waals surface area contributed by atoms with E-state index in [1.165, 1.54) is 6.66 Å². The van der Waals surface area contributed by atoms with Gasteiger partial charge < -0.3 is 0 Å². The number of carbonyl (C=O) groups is 1. The van der Waals surface area contributed by atoms with Crippen molar-refractivity contribution in [1.82, 2.24) is 0 Å². The van der Waals surface area contributed by atoms with Crippen LogP contribution in [0.5, 0.6) is 0 Å². The van der Waals surface area contributed by atoms with Crippen molar-refractivity contribution in [3.05, 3.63) is 0 Å². The Kier molecular flexibility index (Phi) is 0.743. The van der Waals surface area contributed by atoms with Crippen LogP contribution in [-0.2, 0) is 9.05 Å². The zero-order valence-corrected chi connectivity index (χ0v) is 4.67.